The molecule has 1 atom stereocenters. The Bertz CT molecular complexity index is 594. The lowest BCUT2D eigenvalue weighted by atomic mass is 10.3. The van der Waals surface area contributed by atoms with Crippen LogP contribution in [0.2, 0.25) is 0 Å². The number of nitrogen functional groups attached to an aromatic ring is 1. The minimum Gasteiger partial charge on any atom is -0.399 e. The molecule has 0 saturated carbocycles. The van der Waals surface area contributed by atoms with Crippen molar-refractivity contribution in [2.75, 3.05) is 18.5 Å². The standard InChI is InChI=1S/C15H20N4OS/c1-11(21-2)7-9-17-15(20)14-8-10-19(18-14)13-5-3-12(16)4-6-13/h3-6,8,10-11H,7,9,16H2,1-2H3,(H,17,20). The van der Waals surface area contributed by atoms with Gasteiger partial charge in [0.1, 0.15) is 0 Å². The van der Waals surface area contributed by atoms with Gasteiger partial charge in [-0.15, -0.1) is 0 Å². The van der Waals surface area contributed by atoms with Crippen LogP contribution in [0.3, 0.4) is 0 Å². The number of carbonyl (C=O) groups excluding carboxylic acids is 1. The summed E-state index contributed by atoms with van der Waals surface area (Å²) in [5, 5.41) is 7.72. The Morgan fingerprint density at radius 2 is 2.10 bits per heavy atom. The van der Waals surface area contributed by atoms with Gasteiger partial charge in [-0.05, 0) is 43.0 Å². The number of nitrogens with zero attached hydrogens (tertiary/aromatic N) is 2. The predicted molar refractivity (Wildman–Crippen MR) is 87.9 cm³/mol. The molecule has 0 aliphatic carbocycles. The lowest BCUT2D eigenvalue weighted by molar-refractivity contribution is 0.0948. The number of aromatic nitrogens is 2. The molecule has 0 aliphatic heterocycles. The fraction of sp³-hybridized carbons (Fsp3) is 0.333. The number of hydrogen-bond donors (Lipinski definition) is 2. The van der Waals surface area contributed by atoms with Crippen LogP contribution >= 0.6 is 11.8 Å². The van der Waals surface area contributed by atoms with Crippen LogP contribution in [-0.2, 0) is 0 Å². The molecule has 0 radical (unpaired) electrons. The Labute approximate surface area is 128 Å². The average molecular weight is 304 g/mol. The van der Waals surface area contributed by atoms with Crippen LogP contribution in [0.5, 0.6) is 0 Å². The second-order valence-electron chi connectivity index (χ2n) is 4.83. The van der Waals surface area contributed by atoms with E-state index >= 15 is 0 Å². The summed E-state index contributed by atoms with van der Waals surface area (Å²) in [5.74, 6) is -0.141. The van der Waals surface area contributed by atoms with E-state index in [2.05, 4.69) is 23.6 Å². The molecule has 1 aromatic carbocycles. The average Bonchev–Trinajstić information content (AvgIpc) is 2.97. The summed E-state index contributed by atoms with van der Waals surface area (Å²) in [7, 11) is 0. The van der Waals surface area contributed by atoms with Gasteiger partial charge < -0.3 is 11.1 Å². The number of anilines is 1. The fourth-order valence-electron chi connectivity index (χ4n) is 1.81. The Kier molecular flexibility index (Phi) is 5.27. The third kappa shape index (κ3) is 4.26. The zero-order valence-electron chi connectivity index (χ0n) is 12.2. The highest BCUT2D eigenvalue weighted by atomic mass is 32.2. The Balaban J connectivity index is 1.96. The van der Waals surface area contributed by atoms with Gasteiger partial charge in [-0.25, -0.2) is 4.68 Å². The minimum atomic E-state index is -0.141. The minimum absolute atomic E-state index is 0.141. The zero-order valence-corrected chi connectivity index (χ0v) is 13.1. The third-order valence-electron chi connectivity index (χ3n) is 3.22. The van der Waals surface area contributed by atoms with Crippen LogP contribution < -0.4 is 11.1 Å². The van der Waals surface area contributed by atoms with Gasteiger partial charge >= 0.3 is 0 Å². The van der Waals surface area contributed by atoms with Gasteiger partial charge in [-0.1, -0.05) is 6.92 Å². The maximum Gasteiger partial charge on any atom is 0.271 e. The quantitative estimate of drug-likeness (QED) is 0.803. The highest BCUT2D eigenvalue weighted by Gasteiger charge is 2.10. The second kappa shape index (κ2) is 7.17. The first-order valence-corrected chi connectivity index (χ1v) is 8.11. The molecule has 6 heteroatoms. The Morgan fingerprint density at radius 1 is 1.38 bits per heavy atom. The molecule has 0 aliphatic rings. The van der Waals surface area contributed by atoms with E-state index in [0.29, 0.717) is 23.2 Å². The largest absolute Gasteiger partial charge is 0.399 e. The summed E-state index contributed by atoms with van der Waals surface area (Å²) in [5.41, 5.74) is 7.65. The van der Waals surface area contributed by atoms with Crippen LogP contribution in [-0.4, -0.2) is 33.7 Å². The highest BCUT2D eigenvalue weighted by molar-refractivity contribution is 7.99. The van der Waals surface area contributed by atoms with E-state index in [9.17, 15) is 4.79 Å². The summed E-state index contributed by atoms with van der Waals surface area (Å²) in [6.45, 7) is 2.81. The summed E-state index contributed by atoms with van der Waals surface area (Å²) in [4.78, 5) is 12.0. The zero-order chi connectivity index (χ0) is 15.2. The van der Waals surface area contributed by atoms with Crippen molar-refractivity contribution < 1.29 is 4.79 Å². The lowest BCUT2D eigenvalue weighted by Gasteiger charge is -2.08. The van der Waals surface area contributed by atoms with Gasteiger partial charge in [-0.2, -0.15) is 16.9 Å². The van der Waals surface area contributed by atoms with E-state index in [-0.39, 0.29) is 5.91 Å². The molecule has 21 heavy (non-hydrogen) atoms. The van der Waals surface area contributed by atoms with Crippen molar-refractivity contribution in [1.29, 1.82) is 0 Å². The molecule has 1 aromatic heterocycles. The van der Waals surface area contributed by atoms with Crippen molar-refractivity contribution in [2.45, 2.75) is 18.6 Å². The van der Waals surface area contributed by atoms with Crippen molar-refractivity contribution in [3.05, 3.63) is 42.2 Å². The van der Waals surface area contributed by atoms with Crippen molar-refractivity contribution in [3.63, 3.8) is 0 Å². The monoisotopic (exact) mass is 304 g/mol. The van der Waals surface area contributed by atoms with E-state index < -0.39 is 0 Å². The summed E-state index contributed by atoms with van der Waals surface area (Å²) in [6.07, 6.45) is 4.79. The highest BCUT2D eigenvalue weighted by Crippen LogP contribution is 2.11. The number of benzene rings is 1. The molecule has 112 valence electrons. The van der Waals surface area contributed by atoms with E-state index in [1.54, 1.807) is 40.8 Å². The Hall–Kier alpha value is -1.95. The van der Waals surface area contributed by atoms with Crippen LogP contribution in [0.1, 0.15) is 23.8 Å². The third-order valence-corrected chi connectivity index (χ3v) is 4.26. The van der Waals surface area contributed by atoms with Crippen LogP contribution in [0.4, 0.5) is 5.69 Å². The van der Waals surface area contributed by atoms with Crippen molar-refractivity contribution in [3.8, 4) is 5.69 Å². The van der Waals surface area contributed by atoms with E-state index in [0.717, 1.165) is 12.1 Å². The predicted octanol–water partition coefficient (Wildman–Crippen LogP) is 2.33. The number of carbonyl (C=O) groups is 1. The topological polar surface area (TPSA) is 72.9 Å². The van der Waals surface area contributed by atoms with Gasteiger partial charge in [0.05, 0.1) is 5.69 Å². The molecule has 2 aromatic rings. The molecule has 0 fully saturated rings. The van der Waals surface area contributed by atoms with Gasteiger partial charge in [0, 0.05) is 23.7 Å². The van der Waals surface area contributed by atoms with E-state index in [1.165, 1.54) is 0 Å². The second-order valence-corrected chi connectivity index (χ2v) is 6.10. The number of nitrogens with one attached hydrogen (secondary N) is 1. The van der Waals surface area contributed by atoms with Crippen molar-refractivity contribution in [2.24, 2.45) is 0 Å². The van der Waals surface area contributed by atoms with Gasteiger partial charge in [-0.3, -0.25) is 4.79 Å². The number of hydrogen-bond acceptors (Lipinski definition) is 4. The molecule has 5 nitrogen and oxygen atoms in total. The van der Waals surface area contributed by atoms with Crippen molar-refractivity contribution >= 4 is 23.4 Å². The number of amides is 1. The molecule has 0 saturated heterocycles. The lowest BCUT2D eigenvalue weighted by Crippen LogP contribution is -2.26. The smallest absolute Gasteiger partial charge is 0.271 e. The van der Waals surface area contributed by atoms with Crippen LogP contribution in [0.25, 0.3) is 5.69 Å². The summed E-state index contributed by atoms with van der Waals surface area (Å²) >= 11 is 1.79. The summed E-state index contributed by atoms with van der Waals surface area (Å²) in [6, 6.07) is 9.05. The molecular formula is C15H20N4OS. The first-order chi connectivity index (χ1) is 10.1. The number of nitrogens with two attached hydrogens (primary N) is 1. The Morgan fingerprint density at radius 3 is 2.76 bits per heavy atom. The summed E-state index contributed by atoms with van der Waals surface area (Å²) < 4.78 is 1.67. The van der Waals surface area contributed by atoms with E-state index in [1.807, 2.05) is 12.1 Å². The van der Waals surface area contributed by atoms with E-state index in [4.69, 9.17) is 5.73 Å². The molecule has 0 spiro atoms. The van der Waals surface area contributed by atoms with Gasteiger partial charge in [0.2, 0.25) is 0 Å². The molecular weight excluding hydrogens is 284 g/mol. The SMILES string of the molecule is CSC(C)CCNC(=O)c1ccn(-c2ccc(N)cc2)n1. The molecule has 1 unspecified atom stereocenters. The number of thioether (sulfide) groups is 1. The number of rotatable bonds is 6. The maximum absolute atomic E-state index is 12.0. The molecule has 3 N–H and O–H groups in total. The first kappa shape index (κ1) is 15.4. The maximum atomic E-state index is 12.0. The van der Waals surface area contributed by atoms with Crippen LogP contribution in [0.15, 0.2) is 36.5 Å². The normalized spacial score (nSPS) is 12.1. The van der Waals surface area contributed by atoms with Crippen molar-refractivity contribution in [1.82, 2.24) is 15.1 Å². The molecule has 2 rings (SSSR count). The van der Waals surface area contributed by atoms with Crippen LogP contribution in [0, 0.1) is 0 Å². The first-order valence-electron chi connectivity index (χ1n) is 6.82. The molecule has 1 heterocycles. The van der Waals surface area contributed by atoms with Gasteiger partial charge in [0.15, 0.2) is 5.69 Å². The fourth-order valence-corrected chi connectivity index (χ4v) is 2.17. The molecule has 1 amide bonds. The molecule has 0 bridgehead atoms. The van der Waals surface area contributed by atoms with Gasteiger partial charge in [0.25, 0.3) is 5.91 Å².